The second kappa shape index (κ2) is 4.77. The Hall–Kier alpha value is -0.550. The summed E-state index contributed by atoms with van der Waals surface area (Å²) in [5, 5.41) is 20.9. The molecule has 0 radical (unpaired) electrons. The summed E-state index contributed by atoms with van der Waals surface area (Å²) in [5.74, 6) is 1.07. The standard InChI is InChI=1S/C17H29NO/c1-5-17(19,14-6-7-14)16(12-18)10-8-13(9-11-16)15(2,3)4/h13-14,19H,5-11H2,1-4H3. The van der Waals surface area contributed by atoms with Crippen molar-refractivity contribution in [2.45, 2.75) is 78.2 Å². The van der Waals surface area contributed by atoms with Gasteiger partial charge in [-0.1, -0.05) is 27.7 Å². The van der Waals surface area contributed by atoms with Crippen LogP contribution in [0.4, 0.5) is 0 Å². The summed E-state index contributed by atoms with van der Waals surface area (Å²) in [4.78, 5) is 0. The average Bonchev–Trinajstić information content (AvgIpc) is 3.21. The lowest BCUT2D eigenvalue weighted by molar-refractivity contribution is -0.103. The van der Waals surface area contributed by atoms with Gasteiger partial charge in [-0.3, -0.25) is 0 Å². The Balaban J connectivity index is 2.16. The number of nitrogens with zero attached hydrogens (tertiary/aromatic N) is 1. The van der Waals surface area contributed by atoms with Gasteiger partial charge >= 0.3 is 0 Å². The predicted molar refractivity (Wildman–Crippen MR) is 77.4 cm³/mol. The molecule has 0 aromatic carbocycles. The van der Waals surface area contributed by atoms with Crippen LogP contribution in [0.15, 0.2) is 0 Å². The highest BCUT2D eigenvalue weighted by molar-refractivity contribution is 5.17. The normalized spacial score (nSPS) is 35.5. The zero-order chi connectivity index (χ0) is 14.3. The Morgan fingerprint density at radius 1 is 1.11 bits per heavy atom. The van der Waals surface area contributed by atoms with E-state index in [2.05, 4.69) is 26.8 Å². The van der Waals surface area contributed by atoms with E-state index in [0.29, 0.717) is 17.3 Å². The van der Waals surface area contributed by atoms with Crippen molar-refractivity contribution in [2.24, 2.45) is 22.7 Å². The van der Waals surface area contributed by atoms with Crippen LogP contribution < -0.4 is 0 Å². The fraction of sp³-hybridized carbons (Fsp3) is 0.941. The molecule has 2 heteroatoms. The van der Waals surface area contributed by atoms with Crippen molar-refractivity contribution in [2.75, 3.05) is 0 Å². The van der Waals surface area contributed by atoms with Gasteiger partial charge in [0.1, 0.15) is 0 Å². The minimum atomic E-state index is -0.732. The van der Waals surface area contributed by atoms with Gasteiger partial charge < -0.3 is 5.11 Å². The molecule has 0 aromatic rings. The molecular formula is C17H29NO. The molecule has 1 atom stereocenters. The molecular weight excluding hydrogens is 234 g/mol. The maximum atomic E-state index is 11.1. The van der Waals surface area contributed by atoms with Crippen LogP contribution in [0.3, 0.4) is 0 Å². The van der Waals surface area contributed by atoms with Gasteiger partial charge in [-0.15, -0.1) is 0 Å². The molecule has 19 heavy (non-hydrogen) atoms. The van der Waals surface area contributed by atoms with E-state index in [1.54, 1.807) is 0 Å². The molecule has 2 aliphatic carbocycles. The highest BCUT2D eigenvalue weighted by atomic mass is 16.3. The van der Waals surface area contributed by atoms with E-state index in [0.717, 1.165) is 44.9 Å². The third kappa shape index (κ3) is 2.42. The Labute approximate surface area is 118 Å². The molecule has 1 unspecified atom stereocenters. The van der Waals surface area contributed by atoms with Gasteiger partial charge in [0.25, 0.3) is 0 Å². The second-order valence-electron chi connectivity index (χ2n) is 7.89. The largest absolute Gasteiger partial charge is 0.388 e. The van der Waals surface area contributed by atoms with Gasteiger partial charge in [0.15, 0.2) is 0 Å². The molecule has 2 saturated carbocycles. The maximum absolute atomic E-state index is 11.1. The van der Waals surface area contributed by atoms with Gasteiger partial charge in [-0.2, -0.15) is 5.26 Å². The fourth-order valence-electron chi connectivity index (χ4n) is 4.20. The van der Waals surface area contributed by atoms with Crippen LogP contribution >= 0.6 is 0 Å². The first kappa shape index (κ1) is 14.9. The minimum absolute atomic E-state index is 0.325. The van der Waals surface area contributed by atoms with E-state index in [4.69, 9.17) is 0 Å². The Kier molecular flexibility index (Phi) is 3.73. The first-order valence-electron chi connectivity index (χ1n) is 7.93. The second-order valence-corrected chi connectivity index (χ2v) is 7.89. The maximum Gasteiger partial charge on any atom is 0.0863 e. The molecule has 2 aliphatic rings. The molecule has 2 nitrogen and oxygen atoms in total. The summed E-state index contributed by atoms with van der Waals surface area (Å²) in [7, 11) is 0. The minimum Gasteiger partial charge on any atom is -0.388 e. The molecule has 2 rings (SSSR count). The van der Waals surface area contributed by atoms with Crippen molar-refractivity contribution in [3.05, 3.63) is 0 Å². The zero-order valence-electron chi connectivity index (χ0n) is 13.0. The lowest BCUT2D eigenvalue weighted by Gasteiger charge is -2.48. The SMILES string of the molecule is CCC(O)(C1CC1)C1(C#N)CCC(C(C)(C)C)CC1. The van der Waals surface area contributed by atoms with Gasteiger partial charge in [0.2, 0.25) is 0 Å². The van der Waals surface area contributed by atoms with Crippen LogP contribution in [0.5, 0.6) is 0 Å². The van der Waals surface area contributed by atoms with Crippen LogP contribution in [0.1, 0.15) is 72.6 Å². The van der Waals surface area contributed by atoms with Gasteiger partial charge in [-0.05, 0) is 62.2 Å². The van der Waals surface area contributed by atoms with E-state index >= 15 is 0 Å². The summed E-state index contributed by atoms with van der Waals surface area (Å²) in [6.45, 7) is 8.94. The van der Waals surface area contributed by atoms with E-state index in [9.17, 15) is 10.4 Å². The van der Waals surface area contributed by atoms with Gasteiger partial charge in [0.05, 0.1) is 17.1 Å². The fourth-order valence-corrected chi connectivity index (χ4v) is 4.20. The zero-order valence-corrected chi connectivity index (χ0v) is 13.0. The van der Waals surface area contributed by atoms with Gasteiger partial charge in [-0.25, -0.2) is 0 Å². The summed E-state index contributed by atoms with van der Waals surface area (Å²) in [6, 6.07) is 2.55. The van der Waals surface area contributed by atoms with Crippen molar-refractivity contribution in [3.63, 3.8) is 0 Å². The summed E-state index contributed by atoms with van der Waals surface area (Å²) in [6.07, 6.45) is 6.88. The topological polar surface area (TPSA) is 44.0 Å². The first-order chi connectivity index (χ1) is 8.79. The molecule has 0 saturated heterocycles. The monoisotopic (exact) mass is 263 g/mol. The average molecular weight is 263 g/mol. The quantitative estimate of drug-likeness (QED) is 0.825. The highest BCUT2D eigenvalue weighted by Crippen LogP contribution is 2.58. The molecule has 0 heterocycles. The predicted octanol–water partition coefficient (Wildman–Crippen LogP) is 4.28. The van der Waals surface area contributed by atoms with E-state index < -0.39 is 11.0 Å². The third-order valence-corrected chi connectivity index (χ3v) is 5.90. The van der Waals surface area contributed by atoms with Crippen molar-refractivity contribution in [1.82, 2.24) is 0 Å². The summed E-state index contributed by atoms with van der Waals surface area (Å²) in [5.41, 5.74) is -0.888. The Morgan fingerprint density at radius 3 is 1.95 bits per heavy atom. The Bertz CT molecular complexity index is 364. The number of hydrogen-bond acceptors (Lipinski definition) is 2. The van der Waals surface area contributed by atoms with E-state index in [-0.39, 0.29) is 0 Å². The van der Waals surface area contributed by atoms with E-state index in [1.807, 2.05) is 6.92 Å². The molecule has 0 aromatic heterocycles. The molecule has 1 N–H and O–H groups in total. The van der Waals surface area contributed by atoms with Crippen molar-refractivity contribution in [1.29, 1.82) is 5.26 Å². The summed E-state index contributed by atoms with van der Waals surface area (Å²) >= 11 is 0. The molecule has 0 amide bonds. The number of hydrogen-bond donors (Lipinski definition) is 1. The highest BCUT2D eigenvalue weighted by Gasteiger charge is 2.58. The number of aliphatic hydroxyl groups is 1. The molecule has 2 fully saturated rings. The van der Waals surface area contributed by atoms with E-state index in [1.165, 1.54) is 0 Å². The van der Waals surface area contributed by atoms with Crippen LogP contribution in [0.25, 0.3) is 0 Å². The lowest BCUT2D eigenvalue weighted by atomic mass is 9.57. The van der Waals surface area contributed by atoms with Crippen LogP contribution in [-0.2, 0) is 0 Å². The van der Waals surface area contributed by atoms with Crippen LogP contribution in [0, 0.1) is 34.0 Å². The van der Waals surface area contributed by atoms with Crippen molar-refractivity contribution < 1.29 is 5.11 Å². The first-order valence-corrected chi connectivity index (χ1v) is 7.93. The van der Waals surface area contributed by atoms with Crippen LogP contribution in [0.2, 0.25) is 0 Å². The lowest BCUT2D eigenvalue weighted by Crippen LogP contribution is -2.51. The molecule has 0 bridgehead atoms. The number of nitriles is 1. The Morgan fingerprint density at radius 2 is 1.63 bits per heavy atom. The van der Waals surface area contributed by atoms with Crippen molar-refractivity contribution in [3.8, 4) is 6.07 Å². The van der Waals surface area contributed by atoms with Crippen molar-refractivity contribution >= 4 is 0 Å². The molecule has 0 spiro atoms. The van der Waals surface area contributed by atoms with Crippen LogP contribution in [-0.4, -0.2) is 10.7 Å². The number of rotatable bonds is 3. The summed E-state index contributed by atoms with van der Waals surface area (Å²) < 4.78 is 0. The smallest absolute Gasteiger partial charge is 0.0863 e. The van der Waals surface area contributed by atoms with Gasteiger partial charge in [0, 0.05) is 0 Å². The third-order valence-electron chi connectivity index (χ3n) is 5.90. The molecule has 0 aliphatic heterocycles. The molecule has 108 valence electrons.